The summed E-state index contributed by atoms with van der Waals surface area (Å²) in [6, 6.07) is -0.501. The minimum absolute atomic E-state index is 0.157. The third kappa shape index (κ3) is 5.48. The highest BCUT2D eigenvalue weighted by Gasteiger charge is 2.46. The molecule has 1 saturated carbocycles. The monoisotopic (exact) mass is 442 g/mol. The van der Waals surface area contributed by atoms with Gasteiger partial charge in [-0.05, 0) is 57.8 Å². The van der Waals surface area contributed by atoms with Crippen molar-refractivity contribution in [3.05, 3.63) is 0 Å². The number of likely N-dealkylation sites (tertiary alicyclic amines) is 2. The average Bonchev–Trinajstić information content (AvgIpc) is 2.77. The maximum Gasteiger partial charge on any atom is 0.410 e. The molecule has 0 radical (unpaired) electrons. The van der Waals surface area contributed by atoms with Gasteiger partial charge in [-0.3, -0.25) is 14.6 Å². The number of esters is 2. The predicted molar refractivity (Wildman–Crippen MR) is 110 cm³/mol. The number of carbonyl (C=O) groups is 3. The molecular formula is C22H35FN2O6. The molecule has 1 amide bonds. The van der Waals surface area contributed by atoms with Crippen molar-refractivity contribution in [2.45, 2.75) is 64.2 Å². The molecule has 6 atom stereocenters. The molecule has 2 heterocycles. The fourth-order valence-corrected chi connectivity index (χ4v) is 5.54. The second-order valence-corrected chi connectivity index (χ2v) is 8.85. The smallest absolute Gasteiger partial charge is 0.410 e. The standard InChI is InChI=1S/C22H35FN2O6/c1-4-30-20(26)16-8-17(23)13-24(11-16)18-7-6-14-12-25(22(28)29-3)19(10-15(14)9-18)21(27)31-5-2/h14-19H,4-13H2,1-3H3/t14?,15?,16-,17-,18?,19?/m0/s1. The van der Waals surface area contributed by atoms with Crippen molar-refractivity contribution in [3.8, 4) is 0 Å². The molecule has 2 aliphatic heterocycles. The SMILES string of the molecule is CCOC(=O)C1CC2CC(N3C[C@@H](F)C[C@H](C(=O)OCC)C3)CCC2CN1C(=O)OC. The summed E-state index contributed by atoms with van der Waals surface area (Å²) in [5.74, 6) is -0.659. The fraction of sp³-hybridized carbons (Fsp3) is 0.864. The topological polar surface area (TPSA) is 85.4 Å². The van der Waals surface area contributed by atoms with Crippen LogP contribution in [0.15, 0.2) is 0 Å². The van der Waals surface area contributed by atoms with E-state index in [9.17, 15) is 18.8 Å². The van der Waals surface area contributed by atoms with Gasteiger partial charge in [-0.15, -0.1) is 0 Å². The van der Waals surface area contributed by atoms with E-state index >= 15 is 0 Å². The molecule has 0 aromatic heterocycles. The van der Waals surface area contributed by atoms with Crippen molar-refractivity contribution in [3.63, 3.8) is 0 Å². The van der Waals surface area contributed by atoms with E-state index in [0.717, 1.165) is 19.3 Å². The van der Waals surface area contributed by atoms with E-state index < -0.39 is 30.2 Å². The van der Waals surface area contributed by atoms with Crippen LogP contribution in [0.4, 0.5) is 9.18 Å². The number of nitrogens with zero attached hydrogens (tertiary/aromatic N) is 2. The van der Waals surface area contributed by atoms with E-state index in [1.807, 2.05) is 0 Å². The highest BCUT2D eigenvalue weighted by Crippen LogP contribution is 2.41. The van der Waals surface area contributed by atoms with Crippen LogP contribution in [-0.2, 0) is 23.8 Å². The van der Waals surface area contributed by atoms with Gasteiger partial charge in [0.05, 0.1) is 26.2 Å². The van der Waals surface area contributed by atoms with Crippen molar-refractivity contribution < 1.29 is 33.0 Å². The van der Waals surface area contributed by atoms with Gasteiger partial charge in [0.1, 0.15) is 12.2 Å². The number of carbonyl (C=O) groups excluding carboxylic acids is 3. The Morgan fingerprint density at radius 3 is 2.29 bits per heavy atom. The first kappa shape index (κ1) is 23.8. The van der Waals surface area contributed by atoms with Gasteiger partial charge < -0.3 is 14.2 Å². The summed E-state index contributed by atoms with van der Waals surface area (Å²) < 4.78 is 29.7. The van der Waals surface area contributed by atoms with Gasteiger partial charge in [-0.1, -0.05) is 0 Å². The zero-order chi connectivity index (χ0) is 22.5. The number of ether oxygens (including phenoxy) is 3. The molecule has 3 fully saturated rings. The summed E-state index contributed by atoms with van der Waals surface area (Å²) in [4.78, 5) is 40.6. The maximum atomic E-state index is 14.4. The molecule has 3 aliphatic rings. The Labute approximate surface area is 183 Å². The van der Waals surface area contributed by atoms with E-state index in [1.54, 1.807) is 13.8 Å². The van der Waals surface area contributed by atoms with Crippen molar-refractivity contribution in [1.82, 2.24) is 9.80 Å². The van der Waals surface area contributed by atoms with Crippen LogP contribution in [0.1, 0.15) is 46.0 Å². The van der Waals surface area contributed by atoms with Crippen LogP contribution in [-0.4, -0.2) is 86.0 Å². The molecule has 3 rings (SSSR count). The second-order valence-electron chi connectivity index (χ2n) is 8.85. The number of halogens is 1. The quantitative estimate of drug-likeness (QED) is 0.477. The van der Waals surface area contributed by atoms with E-state index in [-0.39, 0.29) is 36.9 Å². The number of methoxy groups -OCH3 is 1. The van der Waals surface area contributed by atoms with Gasteiger partial charge in [0, 0.05) is 25.7 Å². The molecule has 9 heteroatoms. The molecule has 0 aromatic carbocycles. The molecule has 0 spiro atoms. The Balaban J connectivity index is 1.68. The third-order valence-corrected chi connectivity index (χ3v) is 6.98. The van der Waals surface area contributed by atoms with E-state index in [0.29, 0.717) is 32.7 Å². The van der Waals surface area contributed by atoms with Gasteiger partial charge in [0.2, 0.25) is 0 Å². The average molecular weight is 443 g/mol. The van der Waals surface area contributed by atoms with E-state index in [1.165, 1.54) is 12.0 Å². The largest absolute Gasteiger partial charge is 0.466 e. The third-order valence-electron chi connectivity index (χ3n) is 6.98. The highest BCUT2D eigenvalue weighted by atomic mass is 19.1. The Bertz CT molecular complexity index is 662. The van der Waals surface area contributed by atoms with Crippen LogP contribution in [0, 0.1) is 17.8 Å². The van der Waals surface area contributed by atoms with E-state index in [4.69, 9.17) is 14.2 Å². The zero-order valence-electron chi connectivity index (χ0n) is 18.8. The zero-order valence-corrected chi connectivity index (χ0v) is 18.8. The summed E-state index contributed by atoms with van der Waals surface area (Å²) in [5.41, 5.74) is 0. The molecule has 2 saturated heterocycles. The van der Waals surface area contributed by atoms with Crippen LogP contribution in [0.25, 0.3) is 0 Å². The first-order valence-electron chi connectivity index (χ1n) is 11.4. The van der Waals surface area contributed by atoms with Crippen LogP contribution < -0.4 is 0 Å². The summed E-state index contributed by atoms with van der Waals surface area (Å²) in [5, 5.41) is 0. The van der Waals surface area contributed by atoms with Gasteiger partial charge in [-0.25, -0.2) is 14.0 Å². The van der Waals surface area contributed by atoms with Gasteiger partial charge in [0.15, 0.2) is 0 Å². The lowest BCUT2D eigenvalue weighted by Gasteiger charge is -2.49. The lowest BCUT2D eigenvalue weighted by Crippen LogP contribution is -2.57. The number of hydrogen-bond donors (Lipinski definition) is 0. The molecule has 0 N–H and O–H groups in total. The summed E-state index contributed by atoms with van der Waals surface area (Å²) in [6.45, 7) is 5.35. The summed E-state index contributed by atoms with van der Waals surface area (Å²) in [6.07, 6.45) is 1.76. The Morgan fingerprint density at radius 2 is 1.61 bits per heavy atom. The Morgan fingerprint density at radius 1 is 0.903 bits per heavy atom. The van der Waals surface area contributed by atoms with Crippen molar-refractivity contribution >= 4 is 18.0 Å². The Kier molecular flexibility index (Phi) is 8.13. The first-order chi connectivity index (χ1) is 14.9. The number of amides is 1. The summed E-state index contributed by atoms with van der Waals surface area (Å²) in [7, 11) is 1.32. The van der Waals surface area contributed by atoms with E-state index in [2.05, 4.69) is 4.90 Å². The number of fused-ring (bicyclic) bond motifs is 1. The minimum Gasteiger partial charge on any atom is -0.466 e. The van der Waals surface area contributed by atoms with Crippen molar-refractivity contribution in [2.75, 3.05) is 40.0 Å². The number of hydrogen-bond acceptors (Lipinski definition) is 7. The number of rotatable bonds is 5. The van der Waals surface area contributed by atoms with Crippen LogP contribution in [0.5, 0.6) is 0 Å². The van der Waals surface area contributed by atoms with Gasteiger partial charge >= 0.3 is 18.0 Å². The lowest BCUT2D eigenvalue weighted by molar-refractivity contribution is -0.154. The van der Waals surface area contributed by atoms with Gasteiger partial charge in [0.25, 0.3) is 0 Å². The molecule has 0 aromatic rings. The number of alkyl halides is 1. The molecule has 4 unspecified atom stereocenters. The lowest BCUT2D eigenvalue weighted by atomic mass is 9.70. The Hall–Kier alpha value is -1.90. The predicted octanol–water partition coefficient (Wildman–Crippen LogP) is 2.40. The highest BCUT2D eigenvalue weighted by molar-refractivity contribution is 5.81. The summed E-state index contributed by atoms with van der Waals surface area (Å²) >= 11 is 0. The normalized spacial score (nSPS) is 33.9. The molecule has 8 nitrogen and oxygen atoms in total. The molecule has 0 bridgehead atoms. The van der Waals surface area contributed by atoms with Crippen molar-refractivity contribution in [1.29, 1.82) is 0 Å². The van der Waals surface area contributed by atoms with Crippen LogP contribution in [0.3, 0.4) is 0 Å². The second kappa shape index (κ2) is 10.6. The maximum absolute atomic E-state index is 14.4. The molecule has 1 aliphatic carbocycles. The van der Waals surface area contributed by atoms with Crippen LogP contribution >= 0.6 is 0 Å². The molecule has 176 valence electrons. The van der Waals surface area contributed by atoms with Crippen molar-refractivity contribution in [2.24, 2.45) is 17.8 Å². The molecular weight excluding hydrogens is 407 g/mol. The number of piperidine rings is 2. The van der Waals surface area contributed by atoms with Crippen LogP contribution in [0.2, 0.25) is 0 Å². The van der Waals surface area contributed by atoms with Gasteiger partial charge in [-0.2, -0.15) is 0 Å². The molecule has 31 heavy (non-hydrogen) atoms. The first-order valence-corrected chi connectivity index (χ1v) is 11.4. The fourth-order valence-electron chi connectivity index (χ4n) is 5.54. The minimum atomic E-state index is -1.05.